The zero-order valence-corrected chi connectivity index (χ0v) is 18.6. The molecule has 0 aliphatic rings. The van der Waals surface area contributed by atoms with E-state index in [1.54, 1.807) is 30.5 Å². The zero-order valence-electron chi connectivity index (χ0n) is 17.0. The van der Waals surface area contributed by atoms with Gasteiger partial charge in [0.05, 0.1) is 17.7 Å². The van der Waals surface area contributed by atoms with E-state index in [9.17, 15) is 4.79 Å². The number of fused-ring (bicyclic) bond motifs is 1. The standard InChI is InChI=1S/C22H19ClN4O4.ClH/c1-29-19-9-13(4-7-17(19)30-12-20(24)28)11-26-14-5-6-16(23)15(10-14)22-27-21-18(31-22)3-2-8-25-21;/h2-10,26H,11-12H2,1H3,(H2,24,28);1H. The van der Waals surface area contributed by atoms with Gasteiger partial charge in [0, 0.05) is 18.4 Å². The van der Waals surface area contributed by atoms with Crippen LogP contribution in [-0.2, 0) is 11.3 Å². The normalized spacial score (nSPS) is 10.4. The molecule has 0 aliphatic heterocycles. The predicted octanol–water partition coefficient (Wildman–Crippen LogP) is 4.45. The van der Waals surface area contributed by atoms with Crippen LogP contribution in [0.4, 0.5) is 5.69 Å². The number of ether oxygens (including phenoxy) is 2. The summed E-state index contributed by atoms with van der Waals surface area (Å²) >= 11 is 6.37. The maximum atomic E-state index is 10.9. The van der Waals surface area contributed by atoms with Crippen LogP contribution in [0.15, 0.2) is 59.1 Å². The first-order valence-corrected chi connectivity index (χ1v) is 9.74. The first-order chi connectivity index (χ1) is 15.0. The van der Waals surface area contributed by atoms with E-state index in [2.05, 4.69) is 15.3 Å². The summed E-state index contributed by atoms with van der Waals surface area (Å²) < 4.78 is 16.5. The van der Waals surface area contributed by atoms with Crippen LogP contribution < -0.4 is 20.5 Å². The lowest BCUT2D eigenvalue weighted by molar-refractivity contribution is -0.119. The molecular formula is C22H20Cl2N4O4. The summed E-state index contributed by atoms with van der Waals surface area (Å²) in [5, 5.41) is 3.86. The van der Waals surface area contributed by atoms with E-state index in [4.69, 9.17) is 31.2 Å². The number of primary amides is 1. The van der Waals surface area contributed by atoms with Gasteiger partial charge in [0.25, 0.3) is 5.91 Å². The number of carbonyl (C=O) groups excluding carboxylic acids is 1. The second kappa shape index (κ2) is 10.2. The largest absolute Gasteiger partial charge is 0.493 e. The van der Waals surface area contributed by atoms with E-state index < -0.39 is 5.91 Å². The Kier molecular flexibility index (Phi) is 7.40. The first-order valence-electron chi connectivity index (χ1n) is 9.37. The number of aromatic nitrogens is 2. The Morgan fingerprint density at radius 2 is 2.03 bits per heavy atom. The molecule has 0 spiro atoms. The minimum Gasteiger partial charge on any atom is -0.493 e. The van der Waals surface area contributed by atoms with Gasteiger partial charge in [-0.15, -0.1) is 12.4 Å². The molecule has 1 amide bonds. The summed E-state index contributed by atoms with van der Waals surface area (Å²) in [6.45, 7) is 0.301. The van der Waals surface area contributed by atoms with Crippen molar-refractivity contribution in [3.05, 3.63) is 65.3 Å². The van der Waals surface area contributed by atoms with Crippen molar-refractivity contribution in [2.45, 2.75) is 6.54 Å². The molecule has 0 atom stereocenters. The number of amides is 1. The van der Waals surface area contributed by atoms with E-state index >= 15 is 0 Å². The predicted molar refractivity (Wildman–Crippen MR) is 125 cm³/mol. The van der Waals surface area contributed by atoms with Gasteiger partial charge in [0.15, 0.2) is 29.3 Å². The van der Waals surface area contributed by atoms with Gasteiger partial charge in [-0.25, -0.2) is 4.98 Å². The molecular weight excluding hydrogens is 455 g/mol. The van der Waals surface area contributed by atoms with Crippen molar-refractivity contribution >= 4 is 46.8 Å². The molecule has 2 aromatic heterocycles. The molecule has 8 nitrogen and oxygen atoms in total. The summed E-state index contributed by atoms with van der Waals surface area (Å²) in [7, 11) is 1.53. The fourth-order valence-electron chi connectivity index (χ4n) is 2.98. The van der Waals surface area contributed by atoms with Crippen molar-refractivity contribution in [2.24, 2.45) is 5.73 Å². The second-order valence-electron chi connectivity index (χ2n) is 6.63. The number of rotatable bonds is 8. The Balaban J connectivity index is 0.00000289. The number of methoxy groups -OCH3 is 1. The third-order valence-corrected chi connectivity index (χ3v) is 4.79. The molecule has 0 bridgehead atoms. The Morgan fingerprint density at radius 1 is 1.19 bits per heavy atom. The number of pyridine rings is 1. The van der Waals surface area contributed by atoms with Gasteiger partial charge in [-0.1, -0.05) is 17.7 Å². The number of oxazole rings is 1. The molecule has 0 saturated carbocycles. The molecule has 0 radical (unpaired) electrons. The lowest BCUT2D eigenvalue weighted by atomic mass is 10.1. The number of nitrogens with two attached hydrogens (primary N) is 1. The smallest absolute Gasteiger partial charge is 0.255 e. The van der Waals surface area contributed by atoms with E-state index in [1.165, 1.54) is 7.11 Å². The molecule has 2 heterocycles. The summed E-state index contributed by atoms with van der Waals surface area (Å²) in [5.41, 5.74) is 8.69. The van der Waals surface area contributed by atoms with Crippen LogP contribution in [0, 0.1) is 0 Å². The molecule has 10 heteroatoms. The summed E-state index contributed by atoms with van der Waals surface area (Å²) in [6.07, 6.45) is 1.66. The van der Waals surface area contributed by atoms with Crippen LogP contribution >= 0.6 is 24.0 Å². The monoisotopic (exact) mass is 474 g/mol. The SMILES string of the molecule is COc1cc(CNc2ccc(Cl)c(-c3nc4ncccc4o3)c2)ccc1OCC(N)=O.Cl. The van der Waals surface area contributed by atoms with Crippen LogP contribution in [0.3, 0.4) is 0 Å². The average molecular weight is 475 g/mol. The van der Waals surface area contributed by atoms with Crippen molar-refractivity contribution in [2.75, 3.05) is 19.0 Å². The average Bonchev–Trinajstić information content (AvgIpc) is 3.21. The number of nitrogens with one attached hydrogen (secondary N) is 1. The Bertz CT molecular complexity index is 1210. The maximum Gasteiger partial charge on any atom is 0.255 e. The summed E-state index contributed by atoms with van der Waals surface area (Å²) in [5.74, 6) is 0.806. The van der Waals surface area contributed by atoms with Crippen LogP contribution in [0.5, 0.6) is 11.5 Å². The van der Waals surface area contributed by atoms with Gasteiger partial charge >= 0.3 is 0 Å². The summed E-state index contributed by atoms with van der Waals surface area (Å²) in [4.78, 5) is 19.5. The fourth-order valence-corrected chi connectivity index (χ4v) is 3.18. The number of benzene rings is 2. The fraction of sp³-hybridized carbons (Fsp3) is 0.136. The van der Waals surface area contributed by atoms with Crippen molar-refractivity contribution in [1.82, 2.24) is 9.97 Å². The zero-order chi connectivity index (χ0) is 21.8. The van der Waals surface area contributed by atoms with Crippen LogP contribution in [-0.4, -0.2) is 29.6 Å². The van der Waals surface area contributed by atoms with Gasteiger partial charge in [0.2, 0.25) is 5.89 Å². The molecule has 4 aromatic rings. The van der Waals surface area contributed by atoms with Gasteiger partial charge in [0.1, 0.15) is 0 Å². The quantitative estimate of drug-likeness (QED) is 0.387. The number of nitrogens with zero attached hydrogens (tertiary/aromatic N) is 2. The molecule has 2 aromatic carbocycles. The lowest BCUT2D eigenvalue weighted by Crippen LogP contribution is -2.20. The number of hydrogen-bond donors (Lipinski definition) is 2. The molecule has 4 rings (SSSR count). The van der Waals surface area contributed by atoms with E-state index in [0.717, 1.165) is 11.3 Å². The topological polar surface area (TPSA) is 112 Å². The number of carbonyl (C=O) groups is 1. The molecule has 3 N–H and O–H groups in total. The highest BCUT2D eigenvalue weighted by atomic mass is 35.5. The number of hydrogen-bond acceptors (Lipinski definition) is 7. The maximum absolute atomic E-state index is 10.9. The first kappa shape index (κ1) is 23.2. The second-order valence-corrected chi connectivity index (χ2v) is 7.04. The summed E-state index contributed by atoms with van der Waals surface area (Å²) in [6, 6.07) is 14.5. The highest BCUT2D eigenvalue weighted by Gasteiger charge is 2.13. The van der Waals surface area contributed by atoms with Crippen molar-refractivity contribution < 1.29 is 18.7 Å². The number of anilines is 1. The van der Waals surface area contributed by atoms with Crippen LogP contribution in [0.2, 0.25) is 5.02 Å². The molecule has 0 saturated heterocycles. The third-order valence-electron chi connectivity index (χ3n) is 4.46. The highest BCUT2D eigenvalue weighted by Crippen LogP contribution is 2.32. The van der Waals surface area contributed by atoms with E-state index in [-0.39, 0.29) is 19.0 Å². The van der Waals surface area contributed by atoms with E-state index in [0.29, 0.717) is 45.8 Å². The minimum atomic E-state index is -0.555. The highest BCUT2D eigenvalue weighted by molar-refractivity contribution is 6.33. The Morgan fingerprint density at radius 3 is 2.78 bits per heavy atom. The molecule has 0 unspecified atom stereocenters. The van der Waals surface area contributed by atoms with Gasteiger partial charge in [-0.05, 0) is 48.0 Å². The molecule has 0 fully saturated rings. The lowest BCUT2D eigenvalue weighted by Gasteiger charge is -2.13. The van der Waals surface area contributed by atoms with Gasteiger partial charge < -0.3 is 24.9 Å². The van der Waals surface area contributed by atoms with Crippen LogP contribution in [0.25, 0.3) is 22.7 Å². The van der Waals surface area contributed by atoms with Crippen LogP contribution in [0.1, 0.15) is 5.56 Å². The van der Waals surface area contributed by atoms with Gasteiger partial charge in [-0.3, -0.25) is 4.79 Å². The third kappa shape index (κ3) is 5.22. The Hall–Kier alpha value is -3.49. The molecule has 166 valence electrons. The minimum absolute atomic E-state index is 0. The Labute approximate surface area is 195 Å². The van der Waals surface area contributed by atoms with Crippen molar-refractivity contribution in [3.63, 3.8) is 0 Å². The van der Waals surface area contributed by atoms with Gasteiger partial charge in [-0.2, -0.15) is 4.98 Å². The molecule has 0 aliphatic carbocycles. The van der Waals surface area contributed by atoms with Crippen molar-refractivity contribution in [1.29, 1.82) is 0 Å². The number of halogens is 2. The van der Waals surface area contributed by atoms with Crippen molar-refractivity contribution in [3.8, 4) is 23.0 Å². The van der Waals surface area contributed by atoms with E-state index in [1.807, 2.05) is 24.3 Å². The molecule has 32 heavy (non-hydrogen) atoms.